The van der Waals surface area contributed by atoms with E-state index in [1.165, 1.54) is 5.56 Å². The molecule has 3 N–H and O–H groups in total. The minimum absolute atomic E-state index is 0.0493. The number of anilines is 3. The van der Waals surface area contributed by atoms with Crippen molar-refractivity contribution >= 4 is 23.5 Å². The van der Waals surface area contributed by atoms with Crippen LogP contribution in [0.15, 0.2) is 36.4 Å². The van der Waals surface area contributed by atoms with Crippen molar-refractivity contribution in [3.63, 3.8) is 0 Å². The minimum Gasteiger partial charge on any atom is -0.363 e. The summed E-state index contributed by atoms with van der Waals surface area (Å²) in [6, 6.07) is 12.4. The summed E-state index contributed by atoms with van der Waals surface area (Å²) in [6.45, 7) is 6.42. The van der Waals surface area contributed by atoms with Crippen LogP contribution in [0.5, 0.6) is 0 Å². The molecule has 5 rings (SSSR count). The Hall–Kier alpha value is -3.62. The first-order chi connectivity index (χ1) is 15.7. The van der Waals surface area contributed by atoms with Crippen molar-refractivity contribution in [3.8, 4) is 0 Å². The zero-order chi connectivity index (χ0) is 23.3. The maximum Gasteiger partial charge on any atom is 0.318 e. The van der Waals surface area contributed by atoms with Crippen molar-refractivity contribution in [2.75, 3.05) is 24.3 Å². The van der Waals surface area contributed by atoms with Crippen LogP contribution < -0.4 is 15.5 Å². The highest BCUT2D eigenvalue weighted by Crippen LogP contribution is 2.43. The number of hydrogen-bond acceptors (Lipinski definition) is 6. The van der Waals surface area contributed by atoms with Gasteiger partial charge < -0.3 is 20.4 Å². The van der Waals surface area contributed by atoms with Gasteiger partial charge in [-0.25, -0.2) is 14.8 Å². The van der Waals surface area contributed by atoms with E-state index >= 15 is 0 Å². The first-order valence-corrected chi connectivity index (χ1v) is 11.2. The summed E-state index contributed by atoms with van der Waals surface area (Å²) < 4.78 is 0. The van der Waals surface area contributed by atoms with Crippen LogP contribution in [-0.2, 0) is 12.1 Å². The molecular formula is C24H30N8O. The van der Waals surface area contributed by atoms with E-state index in [0.29, 0.717) is 29.9 Å². The normalized spacial score (nSPS) is 20.3. The molecule has 172 valence electrons. The summed E-state index contributed by atoms with van der Waals surface area (Å²) in [7, 11) is 3.89. The first kappa shape index (κ1) is 21.2. The van der Waals surface area contributed by atoms with Crippen LogP contribution in [0.25, 0.3) is 0 Å². The van der Waals surface area contributed by atoms with Gasteiger partial charge in [-0.3, -0.25) is 5.10 Å². The second-order valence-corrected chi connectivity index (χ2v) is 9.56. The number of H-pyrrole nitrogens is 1. The average molecular weight is 447 g/mol. The maximum atomic E-state index is 13.2. The topological polar surface area (TPSA) is 102 Å². The van der Waals surface area contributed by atoms with Gasteiger partial charge >= 0.3 is 6.03 Å². The van der Waals surface area contributed by atoms with Gasteiger partial charge in [-0.1, -0.05) is 30.3 Å². The van der Waals surface area contributed by atoms with Gasteiger partial charge in [-0.05, 0) is 32.8 Å². The molecule has 2 aromatic heterocycles. The van der Waals surface area contributed by atoms with Crippen LogP contribution in [0, 0.1) is 6.92 Å². The van der Waals surface area contributed by atoms with Gasteiger partial charge in [0.1, 0.15) is 17.5 Å². The largest absolute Gasteiger partial charge is 0.363 e. The van der Waals surface area contributed by atoms with Crippen molar-refractivity contribution in [1.82, 2.24) is 30.4 Å². The third-order valence-corrected chi connectivity index (χ3v) is 6.57. The average Bonchev–Trinajstić information content (AvgIpc) is 3.32. The van der Waals surface area contributed by atoms with E-state index in [9.17, 15) is 4.79 Å². The molecule has 0 spiro atoms. The molecule has 2 aliphatic rings. The van der Waals surface area contributed by atoms with Gasteiger partial charge in [0.05, 0.1) is 17.8 Å². The highest BCUT2D eigenvalue weighted by molar-refractivity contribution is 5.78. The Kier molecular flexibility index (Phi) is 4.99. The molecule has 2 amide bonds. The van der Waals surface area contributed by atoms with E-state index in [1.54, 1.807) is 0 Å². The Morgan fingerprint density at radius 3 is 2.70 bits per heavy atom. The molecule has 1 aliphatic carbocycles. The molecule has 1 saturated carbocycles. The fourth-order valence-electron chi connectivity index (χ4n) is 4.57. The molecule has 2 unspecified atom stereocenters. The van der Waals surface area contributed by atoms with E-state index < -0.39 is 5.54 Å². The summed E-state index contributed by atoms with van der Waals surface area (Å²) in [5.74, 6) is 3.24. The number of hydrogen-bond donors (Lipinski definition) is 3. The maximum absolute atomic E-state index is 13.2. The van der Waals surface area contributed by atoms with Crippen molar-refractivity contribution in [1.29, 1.82) is 0 Å². The minimum atomic E-state index is -0.500. The summed E-state index contributed by atoms with van der Waals surface area (Å²) >= 11 is 0. The third-order valence-electron chi connectivity index (χ3n) is 6.57. The van der Waals surface area contributed by atoms with Crippen LogP contribution >= 0.6 is 0 Å². The number of aromatic nitrogens is 4. The molecule has 9 heteroatoms. The molecule has 2 atom stereocenters. The summed E-state index contributed by atoms with van der Waals surface area (Å²) in [6.07, 6.45) is 0.977. The van der Waals surface area contributed by atoms with Gasteiger partial charge in [-0.15, -0.1) is 0 Å². The van der Waals surface area contributed by atoms with Gasteiger partial charge in [-0.2, -0.15) is 5.10 Å². The number of urea groups is 1. The Morgan fingerprint density at radius 2 is 1.97 bits per heavy atom. The van der Waals surface area contributed by atoms with E-state index in [0.717, 1.165) is 23.5 Å². The molecular weight excluding hydrogens is 416 g/mol. The standard InChI is InChI=1S/C24H30N8O/c1-14-25-19(12-20(26-14)31(4)5)28-22-17-13-32(24(2,3)21(17)29-30-22)23(33)27-18-11-16(18)15-9-7-6-8-10-15/h6-10,12,16,18H,11,13H2,1-5H3,(H,27,33)(H2,25,26,28,29,30). The quantitative estimate of drug-likeness (QED) is 0.553. The molecule has 3 aromatic rings. The van der Waals surface area contributed by atoms with Crippen molar-refractivity contribution in [2.24, 2.45) is 0 Å². The van der Waals surface area contributed by atoms with Crippen LogP contribution in [0.4, 0.5) is 22.2 Å². The molecule has 0 radical (unpaired) electrons. The monoisotopic (exact) mass is 446 g/mol. The van der Waals surface area contributed by atoms with E-state index in [4.69, 9.17) is 0 Å². The molecule has 33 heavy (non-hydrogen) atoms. The van der Waals surface area contributed by atoms with Gasteiger partial charge in [0.15, 0.2) is 5.82 Å². The second-order valence-electron chi connectivity index (χ2n) is 9.56. The predicted molar refractivity (Wildman–Crippen MR) is 128 cm³/mol. The fourth-order valence-corrected chi connectivity index (χ4v) is 4.57. The summed E-state index contributed by atoms with van der Waals surface area (Å²) in [4.78, 5) is 26.0. The van der Waals surface area contributed by atoms with Crippen LogP contribution in [0.2, 0.25) is 0 Å². The van der Waals surface area contributed by atoms with Gasteiger partial charge in [0, 0.05) is 37.7 Å². The molecule has 1 fully saturated rings. The lowest BCUT2D eigenvalue weighted by Crippen LogP contribution is -2.47. The van der Waals surface area contributed by atoms with Crippen LogP contribution in [-0.4, -0.2) is 51.2 Å². The fraction of sp³-hybridized carbons (Fsp3) is 0.417. The third kappa shape index (κ3) is 3.88. The number of aromatic amines is 1. The molecule has 0 saturated heterocycles. The van der Waals surface area contributed by atoms with Crippen molar-refractivity contribution in [3.05, 3.63) is 59.0 Å². The highest BCUT2D eigenvalue weighted by atomic mass is 16.2. The van der Waals surface area contributed by atoms with Crippen LogP contribution in [0.3, 0.4) is 0 Å². The number of rotatable bonds is 5. The Balaban J connectivity index is 1.31. The number of carbonyl (C=O) groups is 1. The molecule has 3 heterocycles. The lowest BCUT2D eigenvalue weighted by atomic mass is 10.0. The Bertz CT molecular complexity index is 1190. The second kappa shape index (κ2) is 7.75. The molecule has 9 nitrogen and oxygen atoms in total. The Morgan fingerprint density at radius 1 is 1.21 bits per heavy atom. The van der Waals surface area contributed by atoms with E-state index in [2.05, 4.69) is 42.9 Å². The SMILES string of the molecule is Cc1nc(Nc2n[nH]c3c2CN(C(=O)NC2CC2c2ccccc2)C3(C)C)cc(N(C)C)n1. The summed E-state index contributed by atoms with van der Waals surface area (Å²) in [5, 5.41) is 14.2. The number of nitrogens with one attached hydrogen (secondary N) is 3. The Labute approximate surface area is 193 Å². The lowest BCUT2D eigenvalue weighted by Gasteiger charge is -2.32. The molecule has 1 aliphatic heterocycles. The molecule has 1 aromatic carbocycles. The number of carbonyl (C=O) groups excluding carboxylic acids is 1. The van der Waals surface area contributed by atoms with Crippen molar-refractivity contribution < 1.29 is 4.79 Å². The summed E-state index contributed by atoms with van der Waals surface area (Å²) in [5.41, 5.74) is 2.70. The smallest absolute Gasteiger partial charge is 0.318 e. The zero-order valence-electron chi connectivity index (χ0n) is 19.7. The van der Waals surface area contributed by atoms with E-state index in [-0.39, 0.29) is 12.1 Å². The number of benzene rings is 1. The number of nitrogens with zero attached hydrogens (tertiary/aromatic N) is 5. The van der Waals surface area contributed by atoms with Crippen molar-refractivity contribution in [2.45, 2.75) is 51.2 Å². The number of fused-ring (bicyclic) bond motifs is 1. The predicted octanol–water partition coefficient (Wildman–Crippen LogP) is 3.63. The van der Waals surface area contributed by atoms with E-state index in [1.807, 2.05) is 68.9 Å². The first-order valence-electron chi connectivity index (χ1n) is 11.2. The molecule has 0 bridgehead atoms. The lowest BCUT2D eigenvalue weighted by molar-refractivity contribution is 0.142. The number of aryl methyl sites for hydroxylation is 1. The zero-order valence-corrected chi connectivity index (χ0v) is 19.7. The van der Waals surface area contributed by atoms with Gasteiger partial charge in [0.2, 0.25) is 0 Å². The highest BCUT2D eigenvalue weighted by Gasteiger charge is 2.46. The number of amides is 2. The van der Waals surface area contributed by atoms with Crippen LogP contribution in [0.1, 0.15) is 48.8 Å². The van der Waals surface area contributed by atoms with Gasteiger partial charge in [0.25, 0.3) is 0 Å².